The minimum absolute atomic E-state index is 0.232. The highest BCUT2D eigenvalue weighted by molar-refractivity contribution is 5.71. The normalized spacial score (nSPS) is 11.4. The van der Waals surface area contributed by atoms with Gasteiger partial charge in [0.2, 0.25) is 11.7 Å². The predicted molar refractivity (Wildman–Crippen MR) is 82.4 cm³/mol. The quantitative estimate of drug-likeness (QED) is 0.912. The highest BCUT2D eigenvalue weighted by atomic mass is 16.5. The number of ether oxygens (including phenoxy) is 1. The second-order valence-corrected chi connectivity index (χ2v) is 5.68. The van der Waals surface area contributed by atoms with E-state index in [4.69, 9.17) is 15.0 Å². The molecule has 21 heavy (non-hydrogen) atoms. The zero-order valence-corrected chi connectivity index (χ0v) is 13.3. The van der Waals surface area contributed by atoms with Crippen molar-refractivity contribution in [3.63, 3.8) is 0 Å². The SMILES string of the molecule is COc1c(C(C)C)ccc(C(C)C)c1-c1noc(CN)n1. The van der Waals surface area contributed by atoms with Crippen LogP contribution in [0.1, 0.15) is 56.5 Å². The molecule has 0 amide bonds. The third kappa shape index (κ3) is 2.93. The van der Waals surface area contributed by atoms with Gasteiger partial charge in [0.1, 0.15) is 5.75 Å². The van der Waals surface area contributed by atoms with Crippen molar-refractivity contribution in [3.05, 3.63) is 29.2 Å². The first-order valence-electron chi connectivity index (χ1n) is 7.23. The zero-order valence-electron chi connectivity index (χ0n) is 13.3. The number of rotatable bonds is 5. The van der Waals surface area contributed by atoms with Crippen LogP contribution in [0.15, 0.2) is 16.7 Å². The second-order valence-electron chi connectivity index (χ2n) is 5.68. The molecule has 1 aromatic heterocycles. The van der Waals surface area contributed by atoms with Crippen LogP contribution >= 0.6 is 0 Å². The van der Waals surface area contributed by atoms with E-state index in [1.807, 2.05) is 0 Å². The van der Waals surface area contributed by atoms with Crippen molar-refractivity contribution in [2.75, 3.05) is 7.11 Å². The third-order valence-electron chi connectivity index (χ3n) is 3.53. The molecule has 0 bridgehead atoms. The van der Waals surface area contributed by atoms with Crippen molar-refractivity contribution >= 4 is 0 Å². The molecule has 0 saturated carbocycles. The van der Waals surface area contributed by atoms with Crippen molar-refractivity contribution in [3.8, 4) is 17.1 Å². The fraction of sp³-hybridized carbons (Fsp3) is 0.500. The standard InChI is InChI=1S/C16H23N3O2/c1-9(2)11-6-7-12(10(3)4)15(20-5)14(11)16-18-13(8-17)21-19-16/h6-7,9-10H,8,17H2,1-5H3. The average molecular weight is 289 g/mol. The molecule has 2 aromatic rings. The molecule has 0 radical (unpaired) electrons. The largest absolute Gasteiger partial charge is 0.496 e. The molecule has 0 fully saturated rings. The zero-order chi connectivity index (χ0) is 15.6. The van der Waals surface area contributed by atoms with Gasteiger partial charge in [0.25, 0.3) is 0 Å². The van der Waals surface area contributed by atoms with E-state index in [1.54, 1.807) is 7.11 Å². The van der Waals surface area contributed by atoms with Gasteiger partial charge in [-0.2, -0.15) is 4.98 Å². The Morgan fingerprint density at radius 1 is 1.14 bits per heavy atom. The van der Waals surface area contributed by atoms with Gasteiger partial charge in [0, 0.05) is 0 Å². The van der Waals surface area contributed by atoms with Crippen LogP contribution in [0, 0.1) is 0 Å². The molecule has 1 heterocycles. The highest BCUT2D eigenvalue weighted by Gasteiger charge is 2.22. The summed E-state index contributed by atoms with van der Waals surface area (Å²) in [7, 11) is 1.68. The van der Waals surface area contributed by atoms with Crippen molar-refractivity contribution < 1.29 is 9.26 Å². The number of nitrogens with zero attached hydrogens (tertiary/aromatic N) is 2. The summed E-state index contributed by atoms with van der Waals surface area (Å²) < 4.78 is 10.8. The lowest BCUT2D eigenvalue weighted by atomic mass is 9.90. The molecule has 5 heteroatoms. The van der Waals surface area contributed by atoms with Crippen LogP contribution in [0.5, 0.6) is 5.75 Å². The highest BCUT2D eigenvalue weighted by Crippen LogP contribution is 2.40. The molecule has 0 spiro atoms. The molecule has 0 aliphatic heterocycles. The second kappa shape index (κ2) is 6.26. The predicted octanol–water partition coefficient (Wildman–Crippen LogP) is 3.45. The van der Waals surface area contributed by atoms with Crippen LogP contribution in [-0.4, -0.2) is 17.3 Å². The summed E-state index contributed by atoms with van der Waals surface area (Å²) in [6.07, 6.45) is 0. The van der Waals surface area contributed by atoms with Gasteiger partial charge in [-0.3, -0.25) is 0 Å². The Labute approximate surface area is 125 Å². The Kier molecular flexibility index (Phi) is 4.63. The first-order chi connectivity index (χ1) is 9.99. The molecule has 5 nitrogen and oxygen atoms in total. The maximum absolute atomic E-state index is 5.67. The molecule has 0 atom stereocenters. The Bertz CT molecular complexity index is 618. The Hall–Kier alpha value is -1.88. The fourth-order valence-corrected chi connectivity index (χ4v) is 2.44. The molecule has 114 valence electrons. The summed E-state index contributed by atoms with van der Waals surface area (Å²) >= 11 is 0. The lowest BCUT2D eigenvalue weighted by molar-refractivity contribution is 0.379. The lowest BCUT2D eigenvalue weighted by Gasteiger charge is -2.19. The van der Waals surface area contributed by atoms with Crippen LogP contribution in [0.3, 0.4) is 0 Å². The summed E-state index contributed by atoms with van der Waals surface area (Å²) in [5.74, 6) is 2.46. The minimum atomic E-state index is 0.232. The van der Waals surface area contributed by atoms with Gasteiger partial charge in [-0.1, -0.05) is 45.0 Å². The first kappa shape index (κ1) is 15.5. The topological polar surface area (TPSA) is 74.2 Å². The summed E-state index contributed by atoms with van der Waals surface area (Å²) in [4.78, 5) is 4.37. The van der Waals surface area contributed by atoms with Gasteiger partial charge >= 0.3 is 0 Å². The monoisotopic (exact) mass is 289 g/mol. The molecule has 0 unspecified atom stereocenters. The van der Waals surface area contributed by atoms with Gasteiger partial charge < -0.3 is 15.0 Å². The van der Waals surface area contributed by atoms with Gasteiger partial charge in [-0.15, -0.1) is 0 Å². The van der Waals surface area contributed by atoms with E-state index in [0.29, 0.717) is 23.6 Å². The van der Waals surface area contributed by atoms with Gasteiger partial charge in [-0.05, 0) is 23.0 Å². The first-order valence-corrected chi connectivity index (χ1v) is 7.23. The number of aromatic nitrogens is 2. The van der Waals surface area contributed by atoms with Crippen LogP contribution in [0.4, 0.5) is 0 Å². The number of benzene rings is 1. The van der Waals surface area contributed by atoms with E-state index in [-0.39, 0.29) is 6.54 Å². The van der Waals surface area contributed by atoms with Gasteiger partial charge in [0.15, 0.2) is 0 Å². The summed E-state index contributed by atoms with van der Waals surface area (Å²) in [5, 5.41) is 4.06. The maximum atomic E-state index is 5.67. The molecule has 0 saturated heterocycles. The summed E-state index contributed by atoms with van der Waals surface area (Å²) in [5.41, 5.74) is 8.74. The number of methoxy groups -OCH3 is 1. The smallest absolute Gasteiger partial charge is 0.240 e. The van der Waals surface area contributed by atoms with E-state index in [2.05, 4.69) is 50.0 Å². The molecule has 2 N–H and O–H groups in total. The van der Waals surface area contributed by atoms with E-state index in [9.17, 15) is 0 Å². The van der Waals surface area contributed by atoms with E-state index < -0.39 is 0 Å². The Balaban J connectivity index is 2.71. The number of nitrogens with two attached hydrogens (primary N) is 1. The average Bonchev–Trinajstić information content (AvgIpc) is 2.93. The molecule has 2 rings (SSSR count). The van der Waals surface area contributed by atoms with Gasteiger partial charge in [-0.25, -0.2) is 0 Å². The van der Waals surface area contributed by atoms with Crippen LogP contribution in [0.2, 0.25) is 0 Å². The molecule has 0 aliphatic carbocycles. The fourth-order valence-electron chi connectivity index (χ4n) is 2.44. The Morgan fingerprint density at radius 3 is 2.24 bits per heavy atom. The minimum Gasteiger partial charge on any atom is -0.496 e. The maximum Gasteiger partial charge on any atom is 0.240 e. The number of hydrogen-bond donors (Lipinski definition) is 1. The van der Waals surface area contributed by atoms with E-state index >= 15 is 0 Å². The van der Waals surface area contributed by atoms with Crippen LogP contribution in [0.25, 0.3) is 11.4 Å². The molecule has 0 aliphatic rings. The Morgan fingerprint density at radius 2 is 1.76 bits per heavy atom. The summed E-state index contributed by atoms with van der Waals surface area (Å²) in [6.45, 7) is 8.78. The molecule has 1 aromatic carbocycles. The lowest BCUT2D eigenvalue weighted by Crippen LogP contribution is -2.03. The van der Waals surface area contributed by atoms with Crippen LogP contribution in [-0.2, 0) is 6.54 Å². The van der Waals surface area contributed by atoms with E-state index in [0.717, 1.165) is 22.4 Å². The van der Waals surface area contributed by atoms with Gasteiger partial charge in [0.05, 0.1) is 19.2 Å². The van der Waals surface area contributed by atoms with E-state index in [1.165, 1.54) is 0 Å². The van der Waals surface area contributed by atoms with Crippen molar-refractivity contribution in [2.24, 2.45) is 5.73 Å². The van der Waals surface area contributed by atoms with Crippen molar-refractivity contribution in [2.45, 2.75) is 46.1 Å². The third-order valence-corrected chi connectivity index (χ3v) is 3.53. The van der Waals surface area contributed by atoms with Crippen molar-refractivity contribution in [1.82, 2.24) is 10.1 Å². The number of hydrogen-bond acceptors (Lipinski definition) is 5. The molecular weight excluding hydrogens is 266 g/mol. The van der Waals surface area contributed by atoms with Crippen LogP contribution < -0.4 is 10.5 Å². The van der Waals surface area contributed by atoms with Crippen molar-refractivity contribution in [1.29, 1.82) is 0 Å². The summed E-state index contributed by atoms with van der Waals surface area (Å²) in [6, 6.07) is 4.24. The molecular formula is C16H23N3O2.